The molecule has 0 saturated heterocycles. The lowest BCUT2D eigenvalue weighted by Gasteiger charge is -2.21. The van der Waals surface area contributed by atoms with Crippen LogP contribution >= 0.6 is 0 Å². The average Bonchev–Trinajstić information content (AvgIpc) is 2.42. The van der Waals surface area contributed by atoms with Gasteiger partial charge in [0.2, 0.25) is 0 Å². The van der Waals surface area contributed by atoms with E-state index in [1.807, 2.05) is 20.8 Å². The van der Waals surface area contributed by atoms with Crippen LogP contribution in [-0.2, 0) is 14.3 Å². The standard InChI is InChI=1S/C13H26N2O4/c1-5-10(3)11(12(16)18-4)15-13(17)14-8-7-9-19-6-2/h10-11H,5-9H2,1-4H3,(H2,14,15,17)/t10-,11-/m0/s1. The van der Waals surface area contributed by atoms with E-state index in [0.717, 1.165) is 12.8 Å². The lowest BCUT2D eigenvalue weighted by atomic mass is 9.99. The zero-order chi connectivity index (χ0) is 14.7. The van der Waals surface area contributed by atoms with Gasteiger partial charge in [0.05, 0.1) is 7.11 Å². The molecular formula is C13H26N2O4. The molecule has 0 aliphatic rings. The van der Waals surface area contributed by atoms with Gasteiger partial charge in [-0.15, -0.1) is 0 Å². The van der Waals surface area contributed by atoms with Crippen LogP contribution < -0.4 is 10.6 Å². The molecule has 2 N–H and O–H groups in total. The van der Waals surface area contributed by atoms with Gasteiger partial charge in [-0.2, -0.15) is 0 Å². The SMILES string of the molecule is CCOCCCNC(=O)N[C@H](C(=O)OC)[C@@H](C)CC. The average molecular weight is 274 g/mol. The van der Waals surface area contributed by atoms with Crippen molar-refractivity contribution >= 4 is 12.0 Å². The Hall–Kier alpha value is -1.30. The molecule has 2 amide bonds. The second kappa shape index (κ2) is 10.6. The van der Waals surface area contributed by atoms with Gasteiger partial charge >= 0.3 is 12.0 Å². The largest absolute Gasteiger partial charge is 0.467 e. The van der Waals surface area contributed by atoms with Crippen molar-refractivity contribution in [1.82, 2.24) is 10.6 Å². The molecule has 0 aromatic heterocycles. The molecule has 0 radical (unpaired) electrons. The zero-order valence-corrected chi connectivity index (χ0v) is 12.3. The van der Waals surface area contributed by atoms with E-state index >= 15 is 0 Å². The van der Waals surface area contributed by atoms with E-state index in [-0.39, 0.29) is 11.9 Å². The maximum Gasteiger partial charge on any atom is 0.328 e. The Labute approximate surface area is 115 Å². The predicted molar refractivity (Wildman–Crippen MR) is 72.9 cm³/mol. The monoisotopic (exact) mass is 274 g/mol. The van der Waals surface area contributed by atoms with E-state index in [4.69, 9.17) is 9.47 Å². The first kappa shape index (κ1) is 17.7. The highest BCUT2D eigenvalue weighted by Gasteiger charge is 2.26. The Morgan fingerprint density at radius 3 is 2.47 bits per heavy atom. The smallest absolute Gasteiger partial charge is 0.328 e. The zero-order valence-electron chi connectivity index (χ0n) is 12.3. The van der Waals surface area contributed by atoms with Gasteiger partial charge in [0.25, 0.3) is 0 Å². The number of ether oxygens (including phenoxy) is 2. The second-order valence-corrected chi connectivity index (χ2v) is 4.34. The topological polar surface area (TPSA) is 76.7 Å². The summed E-state index contributed by atoms with van der Waals surface area (Å²) < 4.78 is 9.85. The van der Waals surface area contributed by atoms with Crippen molar-refractivity contribution in [2.24, 2.45) is 5.92 Å². The van der Waals surface area contributed by atoms with E-state index in [2.05, 4.69) is 10.6 Å². The van der Waals surface area contributed by atoms with Gasteiger partial charge in [0, 0.05) is 19.8 Å². The summed E-state index contributed by atoms with van der Waals surface area (Å²) in [6.07, 6.45) is 1.53. The van der Waals surface area contributed by atoms with Crippen molar-refractivity contribution in [1.29, 1.82) is 0 Å². The van der Waals surface area contributed by atoms with Crippen LogP contribution in [-0.4, -0.2) is 44.9 Å². The number of carbonyl (C=O) groups excluding carboxylic acids is 2. The summed E-state index contributed by atoms with van der Waals surface area (Å²) in [7, 11) is 1.32. The first-order valence-electron chi connectivity index (χ1n) is 6.76. The Balaban J connectivity index is 4.06. The molecule has 0 aromatic rings. The molecule has 0 unspecified atom stereocenters. The maximum atomic E-state index is 11.7. The molecule has 0 fully saturated rings. The van der Waals surface area contributed by atoms with Crippen molar-refractivity contribution in [3.8, 4) is 0 Å². The van der Waals surface area contributed by atoms with Crippen LogP contribution in [0.15, 0.2) is 0 Å². The van der Waals surface area contributed by atoms with Crippen LogP contribution in [0.5, 0.6) is 0 Å². The molecule has 2 atom stereocenters. The minimum absolute atomic E-state index is 0.0293. The van der Waals surface area contributed by atoms with Crippen LogP contribution in [0.4, 0.5) is 4.79 Å². The summed E-state index contributed by atoms with van der Waals surface area (Å²) in [5.41, 5.74) is 0. The summed E-state index contributed by atoms with van der Waals surface area (Å²) in [4.78, 5) is 23.2. The molecule has 0 aliphatic carbocycles. The molecule has 0 bridgehead atoms. The number of carbonyl (C=O) groups is 2. The highest BCUT2D eigenvalue weighted by Crippen LogP contribution is 2.08. The highest BCUT2D eigenvalue weighted by atomic mass is 16.5. The van der Waals surface area contributed by atoms with Gasteiger partial charge in [-0.25, -0.2) is 9.59 Å². The third-order valence-electron chi connectivity index (χ3n) is 2.91. The summed E-state index contributed by atoms with van der Waals surface area (Å²) in [6.45, 7) is 7.58. The van der Waals surface area contributed by atoms with Gasteiger partial charge < -0.3 is 20.1 Å². The molecule has 0 spiro atoms. The highest BCUT2D eigenvalue weighted by molar-refractivity contribution is 5.83. The Morgan fingerprint density at radius 1 is 1.26 bits per heavy atom. The number of nitrogens with one attached hydrogen (secondary N) is 2. The summed E-state index contributed by atoms with van der Waals surface area (Å²) in [5.74, 6) is -0.388. The first-order chi connectivity index (χ1) is 9.06. The van der Waals surface area contributed by atoms with Gasteiger partial charge in [-0.3, -0.25) is 0 Å². The molecule has 6 nitrogen and oxygen atoms in total. The second-order valence-electron chi connectivity index (χ2n) is 4.34. The lowest BCUT2D eigenvalue weighted by Crippen LogP contribution is -2.49. The minimum Gasteiger partial charge on any atom is -0.467 e. The molecule has 0 heterocycles. The number of hydrogen-bond acceptors (Lipinski definition) is 4. The Bertz CT molecular complexity index is 271. The molecule has 0 aromatic carbocycles. The van der Waals surface area contributed by atoms with E-state index < -0.39 is 12.0 Å². The van der Waals surface area contributed by atoms with E-state index in [1.165, 1.54) is 7.11 Å². The fourth-order valence-electron chi connectivity index (χ4n) is 1.51. The van der Waals surface area contributed by atoms with Crippen molar-refractivity contribution in [3.05, 3.63) is 0 Å². The molecule has 0 saturated carbocycles. The molecule has 112 valence electrons. The lowest BCUT2D eigenvalue weighted by molar-refractivity contribution is -0.144. The van der Waals surface area contributed by atoms with E-state index in [1.54, 1.807) is 0 Å². The molecule has 0 rings (SSSR count). The number of urea groups is 1. The van der Waals surface area contributed by atoms with Crippen LogP contribution in [0.25, 0.3) is 0 Å². The first-order valence-corrected chi connectivity index (χ1v) is 6.76. The Morgan fingerprint density at radius 2 is 1.95 bits per heavy atom. The van der Waals surface area contributed by atoms with Crippen molar-refractivity contribution < 1.29 is 19.1 Å². The number of rotatable bonds is 9. The van der Waals surface area contributed by atoms with Crippen LogP contribution in [0.2, 0.25) is 0 Å². The molecule has 0 aliphatic heterocycles. The van der Waals surface area contributed by atoms with Gasteiger partial charge in [-0.05, 0) is 19.3 Å². The fourth-order valence-corrected chi connectivity index (χ4v) is 1.51. The van der Waals surface area contributed by atoms with Crippen LogP contribution in [0.1, 0.15) is 33.6 Å². The molecular weight excluding hydrogens is 248 g/mol. The number of esters is 1. The van der Waals surface area contributed by atoms with Gasteiger partial charge in [0.15, 0.2) is 0 Å². The van der Waals surface area contributed by atoms with Crippen molar-refractivity contribution in [2.45, 2.75) is 39.7 Å². The fraction of sp³-hybridized carbons (Fsp3) is 0.846. The maximum absolute atomic E-state index is 11.7. The summed E-state index contributed by atoms with van der Waals surface area (Å²) >= 11 is 0. The van der Waals surface area contributed by atoms with Crippen LogP contribution in [0, 0.1) is 5.92 Å². The van der Waals surface area contributed by atoms with Gasteiger partial charge in [0.1, 0.15) is 6.04 Å². The summed E-state index contributed by atoms with van der Waals surface area (Å²) in [5, 5.41) is 5.34. The normalized spacial score (nSPS) is 13.5. The van der Waals surface area contributed by atoms with Crippen LogP contribution in [0.3, 0.4) is 0 Å². The third kappa shape index (κ3) is 7.66. The van der Waals surface area contributed by atoms with Crippen molar-refractivity contribution in [2.75, 3.05) is 26.9 Å². The van der Waals surface area contributed by atoms with E-state index in [0.29, 0.717) is 19.8 Å². The third-order valence-corrected chi connectivity index (χ3v) is 2.91. The number of methoxy groups -OCH3 is 1. The minimum atomic E-state index is -0.609. The predicted octanol–water partition coefficient (Wildman–Crippen LogP) is 1.30. The molecule has 19 heavy (non-hydrogen) atoms. The quantitative estimate of drug-likeness (QED) is 0.491. The van der Waals surface area contributed by atoms with E-state index in [9.17, 15) is 9.59 Å². The summed E-state index contributed by atoms with van der Waals surface area (Å²) in [6, 6.07) is -0.964. The van der Waals surface area contributed by atoms with Crippen molar-refractivity contribution in [3.63, 3.8) is 0 Å². The number of hydrogen-bond donors (Lipinski definition) is 2. The Kier molecular flexibility index (Phi) is 9.88. The van der Waals surface area contributed by atoms with Gasteiger partial charge in [-0.1, -0.05) is 20.3 Å². The number of amides is 2. The molecule has 6 heteroatoms.